The molecular weight excluding hydrogens is 262 g/mol. The van der Waals surface area contributed by atoms with Gasteiger partial charge in [0.15, 0.2) is 0 Å². The first kappa shape index (κ1) is 13.6. The Morgan fingerprint density at radius 1 is 1.05 bits per heavy atom. The van der Waals surface area contributed by atoms with Crippen molar-refractivity contribution in [3.8, 4) is 0 Å². The van der Waals surface area contributed by atoms with Crippen molar-refractivity contribution in [2.24, 2.45) is 5.92 Å². The van der Waals surface area contributed by atoms with Gasteiger partial charge in [-0.3, -0.25) is 9.59 Å². The number of ketones is 2. The van der Waals surface area contributed by atoms with E-state index >= 15 is 0 Å². The van der Waals surface area contributed by atoms with Gasteiger partial charge in [0.1, 0.15) is 0 Å². The zero-order chi connectivity index (χ0) is 15.0. The molecule has 0 unspecified atom stereocenters. The summed E-state index contributed by atoms with van der Waals surface area (Å²) in [5.74, 6) is -0.991. The van der Waals surface area contributed by atoms with Crippen LogP contribution in [0.3, 0.4) is 0 Å². The van der Waals surface area contributed by atoms with Gasteiger partial charge in [-0.05, 0) is 28.8 Å². The van der Waals surface area contributed by atoms with Crippen LogP contribution in [-0.2, 0) is 9.59 Å². The van der Waals surface area contributed by atoms with E-state index in [1.54, 1.807) is 0 Å². The molecule has 0 aromatic heterocycles. The Labute approximate surface area is 124 Å². The number of benzene rings is 1. The molecule has 106 valence electrons. The Bertz CT molecular complexity index is 690. The first-order valence-corrected chi connectivity index (χ1v) is 7.00. The molecule has 0 radical (unpaired) electrons. The predicted octanol–water partition coefficient (Wildman–Crippen LogP) is 2.79. The highest BCUT2D eigenvalue weighted by molar-refractivity contribution is 6.42. The second kappa shape index (κ2) is 5.17. The number of allylic oxidation sites excluding steroid dienone is 6. The Morgan fingerprint density at radius 3 is 2.43 bits per heavy atom. The quantitative estimate of drug-likeness (QED) is 0.781. The molecule has 0 spiro atoms. The molecule has 0 saturated carbocycles. The minimum absolute atomic E-state index is 0.199. The molecule has 0 heterocycles. The molecule has 0 fully saturated rings. The van der Waals surface area contributed by atoms with Crippen LogP contribution in [0.15, 0.2) is 54.1 Å². The Morgan fingerprint density at radius 2 is 1.76 bits per heavy atom. The third kappa shape index (κ3) is 2.35. The molecule has 3 nitrogen and oxygen atoms in total. The number of rotatable bonds is 2. The lowest BCUT2D eigenvalue weighted by Gasteiger charge is -2.25. The Balaban J connectivity index is 2.07. The van der Waals surface area contributed by atoms with Crippen molar-refractivity contribution in [1.29, 1.82) is 0 Å². The third-order valence-electron chi connectivity index (χ3n) is 4.00. The topological polar surface area (TPSA) is 37.4 Å². The molecule has 1 aromatic carbocycles. The zero-order valence-corrected chi connectivity index (χ0v) is 12.2. The van der Waals surface area contributed by atoms with Gasteiger partial charge in [-0.15, -0.1) is 0 Å². The number of carbonyl (C=O) groups excluding carboxylic acids is 2. The number of fused-ring (bicyclic) bond motifs is 1. The van der Waals surface area contributed by atoms with Gasteiger partial charge in [0.2, 0.25) is 11.6 Å². The van der Waals surface area contributed by atoms with Crippen molar-refractivity contribution in [2.75, 3.05) is 19.0 Å². The van der Waals surface area contributed by atoms with E-state index in [-0.39, 0.29) is 18.0 Å². The second-order valence-corrected chi connectivity index (χ2v) is 5.56. The molecule has 21 heavy (non-hydrogen) atoms. The number of hydrogen-bond acceptors (Lipinski definition) is 3. The standard InChI is InChI=1S/C18H17NO2/c1-19(2)13-9-7-12(8-10-13)16-11-17(20)18(21)15-6-4-3-5-14(15)16/h3-10,15H,11H2,1-2H3/t15-/m0/s1. The molecule has 2 aliphatic carbocycles. The van der Waals surface area contributed by atoms with Gasteiger partial charge in [-0.1, -0.05) is 36.4 Å². The van der Waals surface area contributed by atoms with Crippen LogP contribution >= 0.6 is 0 Å². The van der Waals surface area contributed by atoms with Gasteiger partial charge in [-0.25, -0.2) is 0 Å². The van der Waals surface area contributed by atoms with Crippen LogP contribution in [0, 0.1) is 5.92 Å². The van der Waals surface area contributed by atoms with Gasteiger partial charge in [0.25, 0.3) is 0 Å². The van der Waals surface area contributed by atoms with Gasteiger partial charge in [0, 0.05) is 26.2 Å². The number of carbonyl (C=O) groups is 2. The van der Waals surface area contributed by atoms with Crippen molar-refractivity contribution in [3.05, 3.63) is 59.7 Å². The minimum atomic E-state index is -0.403. The molecular formula is C18H17NO2. The lowest BCUT2D eigenvalue weighted by molar-refractivity contribution is -0.137. The van der Waals surface area contributed by atoms with E-state index in [9.17, 15) is 9.59 Å². The van der Waals surface area contributed by atoms with Crippen LogP contribution in [0.5, 0.6) is 0 Å². The van der Waals surface area contributed by atoms with Crippen molar-refractivity contribution >= 4 is 22.8 Å². The summed E-state index contributed by atoms with van der Waals surface area (Å²) in [4.78, 5) is 26.0. The van der Waals surface area contributed by atoms with E-state index in [0.717, 1.165) is 22.4 Å². The average Bonchev–Trinajstić information content (AvgIpc) is 2.51. The van der Waals surface area contributed by atoms with E-state index < -0.39 is 5.92 Å². The third-order valence-corrected chi connectivity index (χ3v) is 4.00. The van der Waals surface area contributed by atoms with Crippen molar-refractivity contribution in [2.45, 2.75) is 6.42 Å². The van der Waals surface area contributed by atoms with Crippen molar-refractivity contribution < 1.29 is 9.59 Å². The summed E-state index contributed by atoms with van der Waals surface area (Å²) in [5, 5.41) is 0. The van der Waals surface area contributed by atoms with E-state index in [4.69, 9.17) is 0 Å². The predicted molar refractivity (Wildman–Crippen MR) is 84.1 cm³/mol. The summed E-state index contributed by atoms with van der Waals surface area (Å²) in [6.45, 7) is 0. The fraction of sp³-hybridized carbons (Fsp3) is 0.222. The van der Waals surface area contributed by atoms with Crippen LogP contribution in [0.25, 0.3) is 5.57 Å². The van der Waals surface area contributed by atoms with Gasteiger partial charge >= 0.3 is 0 Å². The summed E-state index contributed by atoms with van der Waals surface area (Å²) < 4.78 is 0. The summed E-state index contributed by atoms with van der Waals surface area (Å²) in [5.41, 5.74) is 4.05. The average molecular weight is 279 g/mol. The van der Waals surface area contributed by atoms with Crippen LogP contribution < -0.4 is 4.90 Å². The maximum atomic E-state index is 12.0. The molecule has 1 atom stereocenters. The highest BCUT2D eigenvalue weighted by Crippen LogP contribution is 2.36. The van der Waals surface area contributed by atoms with Gasteiger partial charge < -0.3 is 4.90 Å². The van der Waals surface area contributed by atoms with Crippen LogP contribution in [0.1, 0.15) is 12.0 Å². The largest absolute Gasteiger partial charge is 0.378 e. The summed E-state index contributed by atoms with van der Waals surface area (Å²) in [7, 11) is 3.98. The highest BCUT2D eigenvalue weighted by Gasteiger charge is 2.34. The van der Waals surface area contributed by atoms with Crippen LogP contribution in [0.2, 0.25) is 0 Å². The molecule has 2 aliphatic rings. The Hall–Kier alpha value is -2.42. The lowest BCUT2D eigenvalue weighted by atomic mass is 9.77. The number of nitrogens with zero attached hydrogens (tertiary/aromatic N) is 1. The van der Waals surface area contributed by atoms with Crippen LogP contribution in [-0.4, -0.2) is 25.7 Å². The van der Waals surface area contributed by atoms with Gasteiger partial charge in [0.05, 0.1) is 5.92 Å². The molecule has 3 rings (SSSR count). The summed E-state index contributed by atoms with van der Waals surface area (Å²) >= 11 is 0. The normalized spacial score (nSPS) is 20.8. The van der Waals surface area contributed by atoms with Crippen LogP contribution in [0.4, 0.5) is 5.69 Å². The van der Waals surface area contributed by atoms with E-state index in [1.165, 1.54) is 0 Å². The molecule has 0 aliphatic heterocycles. The smallest absolute Gasteiger partial charge is 0.209 e. The summed E-state index contributed by atoms with van der Waals surface area (Å²) in [6, 6.07) is 8.09. The fourth-order valence-electron chi connectivity index (χ4n) is 2.81. The maximum Gasteiger partial charge on any atom is 0.209 e. The van der Waals surface area contributed by atoms with E-state index in [2.05, 4.69) is 0 Å². The van der Waals surface area contributed by atoms with E-state index in [0.29, 0.717) is 0 Å². The minimum Gasteiger partial charge on any atom is -0.378 e. The van der Waals surface area contributed by atoms with E-state index in [1.807, 2.05) is 67.6 Å². The first-order valence-electron chi connectivity index (χ1n) is 7.00. The SMILES string of the molecule is CN(C)c1ccc(C2=C3C=CC=C[C@@H]3C(=O)C(=O)C2)cc1. The zero-order valence-electron chi connectivity index (χ0n) is 12.2. The molecule has 3 heteroatoms. The second-order valence-electron chi connectivity index (χ2n) is 5.56. The number of anilines is 1. The molecule has 0 N–H and O–H groups in total. The van der Waals surface area contributed by atoms with Crippen molar-refractivity contribution in [1.82, 2.24) is 0 Å². The molecule has 0 amide bonds. The lowest BCUT2D eigenvalue weighted by Crippen LogP contribution is -2.29. The summed E-state index contributed by atoms with van der Waals surface area (Å²) in [6.07, 6.45) is 7.71. The molecule has 1 aromatic rings. The van der Waals surface area contributed by atoms with Gasteiger partial charge in [-0.2, -0.15) is 0 Å². The fourth-order valence-corrected chi connectivity index (χ4v) is 2.81. The highest BCUT2D eigenvalue weighted by atomic mass is 16.2. The monoisotopic (exact) mass is 279 g/mol. The maximum absolute atomic E-state index is 12.0. The molecule has 0 saturated heterocycles. The first-order chi connectivity index (χ1) is 10.1. The Kier molecular flexibility index (Phi) is 3.34. The van der Waals surface area contributed by atoms with Crippen molar-refractivity contribution in [3.63, 3.8) is 0 Å². The number of hydrogen-bond donors (Lipinski definition) is 0. The molecule has 0 bridgehead atoms. The number of Topliss-reactive ketones (excluding diaryl/α,β-unsaturated/α-hetero) is 2.